The van der Waals surface area contributed by atoms with Crippen molar-refractivity contribution in [3.05, 3.63) is 0 Å². The molecule has 0 aromatic rings. The maximum atomic E-state index is 6.15. The van der Waals surface area contributed by atoms with Crippen molar-refractivity contribution in [2.75, 3.05) is 68.1 Å². The molecule has 0 radical (unpaired) electrons. The number of methoxy groups -OCH3 is 4. The Hall–Kier alpha value is -0.520. The van der Waals surface area contributed by atoms with E-state index in [2.05, 4.69) is 0 Å². The molecule has 4 saturated heterocycles. The molecule has 4 aliphatic rings. The summed E-state index contributed by atoms with van der Waals surface area (Å²) in [5, 5.41) is 0. The van der Waals surface area contributed by atoms with Crippen molar-refractivity contribution < 1.29 is 61.6 Å². The molecule has 4 heterocycles. The van der Waals surface area contributed by atoms with E-state index in [0.717, 1.165) is 0 Å². The van der Waals surface area contributed by atoms with E-state index in [9.17, 15) is 0 Å². The van der Waals surface area contributed by atoms with E-state index in [-0.39, 0.29) is 42.7 Å². The van der Waals surface area contributed by atoms with Gasteiger partial charge < -0.3 is 61.6 Å². The zero-order chi connectivity index (χ0) is 28.2. The van der Waals surface area contributed by atoms with Crippen LogP contribution in [0.15, 0.2) is 0 Å². The first-order valence-corrected chi connectivity index (χ1v) is 13.5. The molecule has 0 bridgehead atoms. The van der Waals surface area contributed by atoms with Gasteiger partial charge in [-0.15, -0.1) is 0 Å². The summed E-state index contributed by atoms with van der Waals surface area (Å²) in [6.45, 7) is 9.66. The fraction of sp³-hybridized carbons (Fsp3) is 1.00. The lowest BCUT2D eigenvalue weighted by molar-refractivity contribution is -0.308. The Balaban J connectivity index is 1.13. The molecule has 39 heavy (non-hydrogen) atoms. The van der Waals surface area contributed by atoms with Crippen LogP contribution >= 0.6 is 0 Å². The maximum Gasteiger partial charge on any atom is 0.190 e. The molecule has 4 fully saturated rings. The van der Waals surface area contributed by atoms with Crippen molar-refractivity contribution >= 4 is 0 Å². The Kier molecular flexibility index (Phi) is 11.0. The Bertz CT molecular complexity index is 751. The van der Waals surface area contributed by atoms with E-state index in [0.29, 0.717) is 39.6 Å². The lowest BCUT2D eigenvalue weighted by Crippen LogP contribution is -2.61. The van der Waals surface area contributed by atoms with Crippen LogP contribution in [-0.4, -0.2) is 141 Å². The van der Waals surface area contributed by atoms with Gasteiger partial charge >= 0.3 is 0 Å². The number of hydrogen-bond acceptors (Lipinski definition) is 13. The Morgan fingerprint density at radius 2 is 1.05 bits per heavy atom. The predicted octanol–water partition coefficient (Wildman–Crippen LogP) is 0.849. The zero-order valence-electron chi connectivity index (χ0n) is 24.3. The van der Waals surface area contributed by atoms with E-state index in [1.54, 1.807) is 28.4 Å². The first-order valence-electron chi connectivity index (χ1n) is 13.5. The highest BCUT2D eigenvalue weighted by Crippen LogP contribution is 2.44. The number of rotatable bonds is 14. The van der Waals surface area contributed by atoms with Gasteiger partial charge in [-0.05, 0) is 27.7 Å². The minimum atomic E-state index is -0.751. The molecule has 13 heteroatoms. The smallest absolute Gasteiger partial charge is 0.190 e. The van der Waals surface area contributed by atoms with Gasteiger partial charge in [-0.3, -0.25) is 0 Å². The van der Waals surface area contributed by atoms with Crippen molar-refractivity contribution in [1.82, 2.24) is 0 Å². The highest BCUT2D eigenvalue weighted by Gasteiger charge is 2.60. The summed E-state index contributed by atoms with van der Waals surface area (Å²) in [5.41, 5.74) is 0. The first kappa shape index (κ1) is 31.4. The summed E-state index contributed by atoms with van der Waals surface area (Å²) in [5.74, 6) is -1.49. The van der Waals surface area contributed by atoms with E-state index < -0.39 is 30.3 Å². The van der Waals surface area contributed by atoms with Gasteiger partial charge in [-0.25, -0.2) is 0 Å². The normalized spacial score (nSPS) is 40.9. The van der Waals surface area contributed by atoms with Crippen LogP contribution in [0.4, 0.5) is 0 Å². The third-order valence-electron chi connectivity index (χ3n) is 7.20. The summed E-state index contributed by atoms with van der Waals surface area (Å²) < 4.78 is 75.8. The molecule has 0 N–H and O–H groups in total. The monoisotopic (exact) mass is 566 g/mol. The van der Waals surface area contributed by atoms with Crippen LogP contribution in [0, 0.1) is 0 Å². The van der Waals surface area contributed by atoms with E-state index in [4.69, 9.17) is 61.6 Å². The van der Waals surface area contributed by atoms with Crippen molar-refractivity contribution in [3.8, 4) is 0 Å². The number of hydrogen-bond donors (Lipinski definition) is 0. The lowest BCUT2D eigenvalue weighted by atomic mass is 9.98. The van der Waals surface area contributed by atoms with Gasteiger partial charge in [0.25, 0.3) is 0 Å². The minimum Gasteiger partial charge on any atom is -0.377 e. The molecular weight excluding hydrogens is 520 g/mol. The molecule has 4 rings (SSSR count). The van der Waals surface area contributed by atoms with E-state index in [1.165, 1.54) is 0 Å². The quantitative estimate of drug-likeness (QED) is 0.277. The minimum absolute atomic E-state index is 0.291. The van der Waals surface area contributed by atoms with Gasteiger partial charge in [-0.1, -0.05) is 0 Å². The Labute approximate surface area is 230 Å². The van der Waals surface area contributed by atoms with E-state index >= 15 is 0 Å². The second-order valence-corrected chi connectivity index (χ2v) is 10.8. The van der Waals surface area contributed by atoms with Crippen molar-refractivity contribution in [2.24, 2.45) is 0 Å². The molecule has 0 amide bonds. The number of ether oxygens (including phenoxy) is 13. The Morgan fingerprint density at radius 3 is 1.67 bits per heavy atom. The standard InChI is InChI=1S/C26H46O13/c1-25(2)36-18-16(35-24-22(20(18)37-25)38-26(3,4)39-24)14-33-12-10-31-9-11-32-13-15-17(27-5)19(28-6)21(29-7)23(30-8)34-15/h15-24H,9-14H2,1-8H3/t15-,16-,17+,18+,19+,20+,21+,22-,23+,24-/m1/s1. The second kappa shape index (κ2) is 13.6. The summed E-state index contributed by atoms with van der Waals surface area (Å²) in [6.07, 6.45) is -3.98. The predicted molar refractivity (Wildman–Crippen MR) is 133 cm³/mol. The zero-order valence-corrected chi connectivity index (χ0v) is 24.3. The van der Waals surface area contributed by atoms with Crippen LogP contribution in [-0.2, 0) is 61.6 Å². The highest BCUT2D eigenvalue weighted by atomic mass is 16.9. The van der Waals surface area contributed by atoms with Gasteiger partial charge in [0.1, 0.15) is 48.8 Å². The summed E-state index contributed by atoms with van der Waals surface area (Å²) in [4.78, 5) is 0. The third kappa shape index (κ3) is 7.47. The number of fused-ring (bicyclic) bond motifs is 3. The van der Waals surface area contributed by atoms with Gasteiger partial charge in [0, 0.05) is 28.4 Å². The SMILES string of the molecule is CO[C@H]1O[C@H](COCCOCCOC[C@H]2O[C@@H]3OC(C)(C)O[C@@H]3[C@H]3OC(C)(C)O[C@H]32)[C@H](OC)[C@H](OC)[C@@H]1OC. The molecule has 10 atom stereocenters. The summed E-state index contributed by atoms with van der Waals surface area (Å²) in [6, 6.07) is 0. The molecule has 0 aliphatic carbocycles. The maximum absolute atomic E-state index is 6.15. The summed E-state index contributed by atoms with van der Waals surface area (Å²) >= 11 is 0. The fourth-order valence-electron chi connectivity index (χ4n) is 5.57. The average molecular weight is 567 g/mol. The molecule has 0 unspecified atom stereocenters. The van der Waals surface area contributed by atoms with Crippen LogP contribution in [0.5, 0.6) is 0 Å². The van der Waals surface area contributed by atoms with Crippen molar-refractivity contribution in [3.63, 3.8) is 0 Å². The van der Waals surface area contributed by atoms with Crippen LogP contribution < -0.4 is 0 Å². The third-order valence-corrected chi connectivity index (χ3v) is 7.20. The fourth-order valence-corrected chi connectivity index (χ4v) is 5.57. The average Bonchev–Trinajstić information content (AvgIpc) is 3.40. The molecule has 0 aromatic heterocycles. The van der Waals surface area contributed by atoms with Gasteiger partial charge in [-0.2, -0.15) is 0 Å². The van der Waals surface area contributed by atoms with Crippen LogP contribution in [0.25, 0.3) is 0 Å². The van der Waals surface area contributed by atoms with E-state index in [1.807, 2.05) is 27.7 Å². The van der Waals surface area contributed by atoms with Gasteiger partial charge in [0.15, 0.2) is 24.2 Å². The molecule has 228 valence electrons. The lowest BCUT2D eigenvalue weighted by Gasteiger charge is -2.44. The van der Waals surface area contributed by atoms with Crippen LogP contribution in [0.1, 0.15) is 27.7 Å². The molecule has 13 nitrogen and oxygen atoms in total. The van der Waals surface area contributed by atoms with Crippen LogP contribution in [0.2, 0.25) is 0 Å². The topological polar surface area (TPSA) is 120 Å². The van der Waals surface area contributed by atoms with Gasteiger partial charge in [0.05, 0.1) is 39.6 Å². The highest BCUT2D eigenvalue weighted by molar-refractivity contribution is 5.00. The Morgan fingerprint density at radius 1 is 0.513 bits per heavy atom. The first-order chi connectivity index (χ1) is 18.6. The molecular formula is C26H46O13. The molecule has 0 spiro atoms. The van der Waals surface area contributed by atoms with Gasteiger partial charge in [0.2, 0.25) is 0 Å². The summed E-state index contributed by atoms with van der Waals surface area (Å²) in [7, 11) is 6.36. The van der Waals surface area contributed by atoms with Crippen LogP contribution in [0.3, 0.4) is 0 Å². The van der Waals surface area contributed by atoms with Crippen molar-refractivity contribution in [1.29, 1.82) is 0 Å². The second-order valence-electron chi connectivity index (χ2n) is 10.8. The molecule has 0 saturated carbocycles. The molecule has 0 aromatic carbocycles. The van der Waals surface area contributed by atoms with Crippen molar-refractivity contribution in [2.45, 2.75) is 101 Å². The molecule has 4 aliphatic heterocycles. The largest absolute Gasteiger partial charge is 0.377 e.